The first-order valence-electron chi connectivity index (χ1n) is 11.4. The summed E-state index contributed by atoms with van der Waals surface area (Å²) in [6, 6.07) is -0.972. The third-order valence-corrected chi connectivity index (χ3v) is 9.12. The lowest BCUT2D eigenvalue weighted by Gasteiger charge is -2.49. The number of fused-ring (bicyclic) bond motifs is 1. The molecule has 2 aliphatic rings. The second-order valence-electron chi connectivity index (χ2n) is 7.65. The number of nitrogens with one attached hydrogen (secondary N) is 1. The fourth-order valence-corrected chi connectivity index (χ4v) is 6.93. The average Bonchev–Trinajstić information content (AvgIpc) is 3.31. The van der Waals surface area contributed by atoms with Crippen LogP contribution in [-0.4, -0.2) is 81.6 Å². The zero-order valence-electron chi connectivity index (χ0n) is 20.7. The number of allylic oxidation sites excluding steroid dienone is 2. The number of carbonyl (C=O) groups excluding carboxylic acids is 2. The molecular weight excluding hydrogens is 557 g/mol. The number of oxime groups is 1. The van der Waals surface area contributed by atoms with Crippen molar-refractivity contribution in [2.24, 2.45) is 5.16 Å². The van der Waals surface area contributed by atoms with Crippen molar-refractivity contribution in [1.82, 2.24) is 15.2 Å². The predicted octanol–water partition coefficient (Wildman–Crippen LogP) is 2.19. The Morgan fingerprint density at radius 1 is 1.37 bits per heavy atom. The summed E-state index contributed by atoms with van der Waals surface area (Å²) in [5.41, 5.74) is 5.92. The Hall–Kier alpha value is -2.97. The molecule has 0 bridgehead atoms. The number of aliphatic carboxylic acids is 1. The molecule has 0 aromatic carbocycles. The molecule has 206 valence electrons. The Bertz CT molecular complexity index is 1220. The minimum absolute atomic E-state index is 0.0391. The van der Waals surface area contributed by atoms with E-state index in [0.717, 1.165) is 16.2 Å². The van der Waals surface area contributed by atoms with Gasteiger partial charge in [0.2, 0.25) is 0 Å². The van der Waals surface area contributed by atoms with Crippen LogP contribution in [-0.2, 0) is 32.8 Å². The lowest BCUT2D eigenvalue weighted by atomic mass is 10.0. The number of hydrogen-bond acceptors (Lipinski definition) is 12. The first-order valence-corrected chi connectivity index (χ1v) is 15.1. The Kier molecular flexibility index (Phi) is 10.3. The molecular formula is C22H28N5O8PS2. The molecule has 1 aromatic heterocycles. The largest absolute Gasteiger partial charge is 0.477 e. The van der Waals surface area contributed by atoms with E-state index in [0.29, 0.717) is 11.3 Å². The number of nitrogen functional groups attached to an aromatic ring is 1. The number of thiazole rings is 1. The Labute approximate surface area is 227 Å². The molecule has 2 aliphatic heterocycles. The van der Waals surface area contributed by atoms with Crippen molar-refractivity contribution in [3.05, 3.63) is 47.2 Å². The molecule has 4 N–H and O–H groups in total. The van der Waals surface area contributed by atoms with Crippen LogP contribution in [0.5, 0.6) is 0 Å². The quantitative estimate of drug-likeness (QED) is 0.0726. The summed E-state index contributed by atoms with van der Waals surface area (Å²) in [5.74, 6) is -2.24. The maximum Gasteiger partial charge on any atom is 0.352 e. The van der Waals surface area contributed by atoms with Gasteiger partial charge < -0.3 is 30.0 Å². The molecule has 0 saturated carbocycles. The smallest absolute Gasteiger partial charge is 0.352 e. The van der Waals surface area contributed by atoms with Gasteiger partial charge in [-0.1, -0.05) is 23.9 Å². The average molecular weight is 586 g/mol. The van der Waals surface area contributed by atoms with E-state index in [-0.39, 0.29) is 48.2 Å². The van der Waals surface area contributed by atoms with Crippen LogP contribution in [0.4, 0.5) is 5.13 Å². The van der Waals surface area contributed by atoms with Gasteiger partial charge in [-0.3, -0.25) is 19.1 Å². The summed E-state index contributed by atoms with van der Waals surface area (Å²) in [5, 5.41) is 17.2. The fraction of sp³-hybridized carbons (Fsp3) is 0.409. The van der Waals surface area contributed by atoms with Gasteiger partial charge in [-0.15, -0.1) is 23.1 Å². The molecule has 0 unspecified atom stereocenters. The highest BCUT2D eigenvalue weighted by Crippen LogP contribution is 2.47. The third-order valence-electron chi connectivity index (χ3n) is 5.19. The van der Waals surface area contributed by atoms with E-state index in [4.69, 9.17) is 19.6 Å². The topological polar surface area (TPSA) is 183 Å². The lowest BCUT2D eigenvalue weighted by Crippen LogP contribution is -2.71. The van der Waals surface area contributed by atoms with Crippen LogP contribution in [0.1, 0.15) is 19.5 Å². The number of carboxylic acids is 1. The SMILES string of the molecule is C=CC1=C(C(=O)O)N2C(=O)[C@@H](NC(=O)C(=NOCC=CCP(=O)(OCC)OCC)c3csc(N)n3)[C@H]2SC1. The first kappa shape index (κ1) is 29.6. The third kappa shape index (κ3) is 6.72. The summed E-state index contributed by atoms with van der Waals surface area (Å²) in [7, 11) is -3.24. The number of carboxylic acid groups (broad SMARTS) is 1. The van der Waals surface area contributed by atoms with Gasteiger partial charge in [-0.2, -0.15) is 0 Å². The number of rotatable bonds is 14. The Morgan fingerprint density at radius 2 is 2.08 bits per heavy atom. The van der Waals surface area contributed by atoms with Gasteiger partial charge in [-0.25, -0.2) is 9.78 Å². The molecule has 3 heterocycles. The monoisotopic (exact) mass is 585 g/mol. The van der Waals surface area contributed by atoms with E-state index >= 15 is 0 Å². The summed E-state index contributed by atoms with van der Waals surface area (Å²) < 4.78 is 22.9. The number of thioether (sulfide) groups is 1. The van der Waals surface area contributed by atoms with E-state index in [1.807, 2.05) is 0 Å². The van der Waals surface area contributed by atoms with Crippen LogP contribution in [0, 0.1) is 0 Å². The van der Waals surface area contributed by atoms with Crippen molar-refractivity contribution in [3.8, 4) is 0 Å². The first-order chi connectivity index (χ1) is 18.2. The minimum atomic E-state index is -3.24. The van der Waals surface area contributed by atoms with Gasteiger partial charge in [0.25, 0.3) is 11.8 Å². The number of amides is 2. The summed E-state index contributed by atoms with van der Waals surface area (Å²) in [6.45, 7) is 7.45. The number of anilines is 1. The van der Waals surface area contributed by atoms with Crippen LogP contribution < -0.4 is 11.1 Å². The van der Waals surface area contributed by atoms with Crippen molar-refractivity contribution in [1.29, 1.82) is 0 Å². The van der Waals surface area contributed by atoms with Gasteiger partial charge in [0.1, 0.15) is 29.4 Å². The standard InChI is InChI=1S/C22H28N5O8PS2/c1-4-13-11-37-20-16(19(29)27(20)17(13)21(30)31)25-18(28)15(14-12-38-22(23)24-14)26-33-9-7-8-10-36(32,34-5-2)35-6-3/h4,7-8,12,16,20H,1,5-6,9-11H2,2-3H3,(H2,23,24)(H,25,28)(H,30,31)/t16-,20-/m1/s1. The Morgan fingerprint density at radius 3 is 2.66 bits per heavy atom. The highest BCUT2D eigenvalue weighted by Gasteiger charge is 2.54. The molecule has 13 nitrogen and oxygen atoms in total. The number of nitrogens with two attached hydrogens (primary N) is 1. The Balaban J connectivity index is 1.68. The van der Waals surface area contributed by atoms with Crippen LogP contribution in [0.25, 0.3) is 0 Å². The van der Waals surface area contributed by atoms with Crippen molar-refractivity contribution < 1.29 is 37.9 Å². The number of carbonyl (C=O) groups is 3. The number of aromatic nitrogens is 1. The van der Waals surface area contributed by atoms with Gasteiger partial charge in [0.15, 0.2) is 10.8 Å². The van der Waals surface area contributed by atoms with E-state index < -0.39 is 36.8 Å². The van der Waals surface area contributed by atoms with Gasteiger partial charge in [-0.05, 0) is 25.5 Å². The maximum absolute atomic E-state index is 13.1. The van der Waals surface area contributed by atoms with Crippen LogP contribution >= 0.6 is 30.7 Å². The van der Waals surface area contributed by atoms with E-state index in [9.17, 15) is 24.1 Å². The second kappa shape index (κ2) is 13.2. The molecule has 0 radical (unpaired) electrons. The van der Waals surface area contributed by atoms with Crippen LogP contribution in [0.2, 0.25) is 0 Å². The van der Waals surface area contributed by atoms with Crippen molar-refractivity contribution in [2.45, 2.75) is 25.3 Å². The van der Waals surface area contributed by atoms with Gasteiger partial charge >= 0.3 is 13.6 Å². The van der Waals surface area contributed by atoms with Gasteiger partial charge in [0.05, 0.1) is 19.4 Å². The summed E-state index contributed by atoms with van der Waals surface area (Å²) in [4.78, 5) is 48.1. The highest BCUT2D eigenvalue weighted by molar-refractivity contribution is 8.00. The maximum atomic E-state index is 13.1. The molecule has 1 saturated heterocycles. The highest BCUT2D eigenvalue weighted by atomic mass is 32.2. The van der Waals surface area contributed by atoms with Crippen molar-refractivity contribution in [2.75, 3.05) is 37.5 Å². The van der Waals surface area contributed by atoms with Crippen LogP contribution in [0.15, 0.2) is 46.6 Å². The molecule has 38 heavy (non-hydrogen) atoms. The van der Waals surface area contributed by atoms with Crippen molar-refractivity contribution in [3.63, 3.8) is 0 Å². The molecule has 2 atom stereocenters. The normalized spacial score (nSPS) is 19.8. The minimum Gasteiger partial charge on any atom is -0.477 e. The van der Waals surface area contributed by atoms with Gasteiger partial charge in [0, 0.05) is 11.1 Å². The summed E-state index contributed by atoms with van der Waals surface area (Å²) >= 11 is 2.40. The number of nitrogens with zero attached hydrogens (tertiary/aromatic N) is 3. The molecule has 0 aliphatic carbocycles. The van der Waals surface area contributed by atoms with E-state index in [1.54, 1.807) is 26.0 Å². The lowest BCUT2D eigenvalue weighted by molar-refractivity contribution is -0.150. The predicted molar refractivity (Wildman–Crippen MR) is 144 cm³/mol. The number of β-lactam (4-membered cyclic amide) rings is 1. The zero-order valence-corrected chi connectivity index (χ0v) is 23.2. The molecule has 16 heteroatoms. The van der Waals surface area contributed by atoms with Crippen LogP contribution in [0.3, 0.4) is 0 Å². The molecule has 3 rings (SSSR count). The molecule has 0 spiro atoms. The van der Waals surface area contributed by atoms with Crippen molar-refractivity contribution >= 4 is 59.3 Å². The summed E-state index contributed by atoms with van der Waals surface area (Å²) in [6.07, 6.45) is 4.55. The second-order valence-corrected chi connectivity index (χ2v) is 11.7. The molecule has 2 amide bonds. The zero-order chi connectivity index (χ0) is 27.9. The molecule has 1 aromatic rings. The fourth-order valence-electron chi connectivity index (χ4n) is 3.56. The number of hydrogen-bond donors (Lipinski definition) is 3. The van der Waals surface area contributed by atoms with E-state index in [1.165, 1.54) is 23.2 Å². The van der Waals surface area contributed by atoms with E-state index in [2.05, 4.69) is 22.0 Å². The molecule has 1 fully saturated rings.